The Labute approximate surface area is 138 Å². The molecule has 0 aromatic heterocycles. The molecular formula is C19H16F3NO. The van der Waals surface area contributed by atoms with Gasteiger partial charge in [0, 0.05) is 24.6 Å². The first kappa shape index (κ1) is 16.5. The smallest absolute Gasteiger partial charge is 0.315 e. The SMILES string of the molecule is O=C(C=C(c1ccccc1)C(F)(F)F)c1ccc(C2CNC2)cc1. The maximum absolute atomic E-state index is 13.3. The predicted octanol–water partition coefficient (Wildman–Crippen LogP) is 4.20. The summed E-state index contributed by atoms with van der Waals surface area (Å²) >= 11 is 0. The summed E-state index contributed by atoms with van der Waals surface area (Å²) in [5, 5.41) is 3.16. The van der Waals surface area contributed by atoms with Gasteiger partial charge in [0.15, 0.2) is 5.78 Å². The second-order valence-corrected chi connectivity index (χ2v) is 5.76. The highest BCUT2D eigenvalue weighted by Gasteiger charge is 2.35. The number of carbonyl (C=O) groups excluding carboxylic acids is 1. The molecule has 1 fully saturated rings. The van der Waals surface area contributed by atoms with Crippen molar-refractivity contribution in [2.45, 2.75) is 12.1 Å². The highest BCUT2D eigenvalue weighted by molar-refractivity contribution is 6.09. The maximum Gasteiger partial charge on any atom is 0.417 e. The number of alkyl halides is 3. The first-order valence-corrected chi connectivity index (χ1v) is 7.64. The molecule has 0 aliphatic carbocycles. The van der Waals surface area contributed by atoms with Crippen LogP contribution in [0, 0.1) is 0 Å². The first-order valence-electron chi connectivity index (χ1n) is 7.64. The lowest BCUT2D eigenvalue weighted by molar-refractivity contribution is -0.0689. The zero-order valence-electron chi connectivity index (χ0n) is 12.8. The molecule has 0 amide bonds. The van der Waals surface area contributed by atoms with Crippen molar-refractivity contribution in [1.82, 2.24) is 5.32 Å². The molecule has 2 nitrogen and oxygen atoms in total. The molecule has 0 unspecified atom stereocenters. The zero-order valence-corrected chi connectivity index (χ0v) is 12.8. The predicted molar refractivity (Wildman–Crippen MR) is 86.9 cm³/mol. The fourth-order valence-corrected chi connectivity index (χ4v) is 2.60. The molecule has 2 aromatic carbocycles. The summed E-state index contributed by atoms with van der Waals surface area (Å²) in [7, 11) is 0. The van der Waals surface area contributed by atoms with Crippen molar-refractivity contribution >= 4 is 11.4 Å². The number of halogens is 3. The Morgan fingerprint density at radius 2 is 1.58 bits per heavy atom. The second-order valence-electron chi connectivity index (χ2n) is 5.76. The molecule has 1 heterocycles. The van der Waals surface area contributed by atoms with E-state index in [1.165, 1.54) is 24.3 Å². The molecule has 124 valence electrons. The summed E-state index contributed by atoms with van der Waals surface area (Å²) in [6.45, 7) is 1.78. The molecule has 0 spiro atoms. The van der Waals surface area contributed by atoms with E-state index in [-0.39, 0.29) is 11.1 Å². The average molecular weight is 331 g/mol. The van der Waals surface area contributed by atoms with Gasteiger partial charge in [-0.2, -0.15) is 13.2 Å². The highest BCUT2D eigenvalue weighted by atomic mass is 19.4. The molecule has 1 saturated heterocycles. The Kier molecular flexibility index (Phi) is 4.53. The van der Waals surface area contributed by atoms with Gasteiger partial charge in [-0.05, 0) is 17.2 Å². The topological polar surface area (TPSA) is 29.1 Å². The number of allylic oxidation sites excluding steroid dienone is 2. The lowest BCUT2D eigenvalue weighted by Gasteiger charge is -2.27. The molecular weight excluding hydrogens is 315 g/mol. The monoisotopic (exact) mass is 331 g/mol. The molecule has 1 aliphatic heterocycles. The third kappa shape index (κ3) is 3.57. The fraction of sp³-hybridized carbons (Fsp3) is 0.211. The van der Waals surface area contributed by atoms with Gasteiger partial charge in [0.2, 0.25) is 0 Å². The van der Waals surface area contributed by atoms with Gasteiger partial charge in [0.25, 0.3) is 0 Å². The Balaban J connectivity index is 1.87. The minimum atomic E-state index is -4.59. The molecule has 1 aliphatic rings. The lowest BCUT2D eigenvalue weighted by atomic mass is 9.92. The van der Waals surface area contributed by atoms with E-state index in [0.717, 1.165) is 18.7 Å². The third-order valence-corrected chi connectivity index (χ3v) is 4.11. The van der Waals surface area contributed by atoms with Crippen LogP contribution in [0.3, 0.4) is 0 Å². The Morgan fingerprint density at radius 1 is 0.958 bits per heavy atom. The summed E-state index contributed by atoms with van der Waals surface area (Å²) in [4.78, 5) is 12.3. The van der Waals surface area contributed by atoms with Crippen LogP contribution in [0.25, 0.3) is 5.57 Å². The fourth-order valence-electron chi connectivity index (χ4n) is 2.60. The van der Waals surface area contributed by atoms with Gasteiger partial charge < -0.3 is 5.32 Å². The van der Waals surface area contributed by atoms with Crippen LogP contribution in [0.1, 0.15) is 27.4 Å². The van der Waals surface area contributed by atoms with Gasteiger partial charge in [-0.1, -0.05) is 54.6 Å². The van der Waals surface area contributed by atoms with E-state index in [9.17, 15) is 18.0 Å². The molecule has 0 radical (unpaired) electrons. The largest absolute Gasteiger partial charge is 0.417 e. The van der Waals surface area contributed by atoms with Crippen LogP contribution in [-0.2, 0) is 0 Å². The van der Waals surface area contributed by atoms with Crippen LogP contribution in [0.2, 0.25) is 0 Å². The summed E-state index contributed by atoms with van der Waals surface area (Å²) in [6.07, 6.45) is -3.91. The van der Waals surface area contributed by atoms with E-state index >= 15 is 0 Å². The van der Waals surface area contributed by atoms with Gasteiger partial charge in [0.05, 0.1) is 5.57 Å². The maximum atomic E-state index is 13.3. The molecule has 2 aromatic rings. The molecule has 5 heteroatoms. The van der Waals surface area contributed by atoms with E-state index in [0.29, 0.717) is 12.0 Å². The second kappa shape index (κ2) is 6.61. The van der Waals surface area contributed by atoms with E-state index in [2.05, 4.69) is 5.32 Å². The molecule has 24 heavy (non-hydrogen) atoms. The third-order valence-electron chi connectivity index (χ3n) is 4.11. The van der Waals surface area contributed by atoms with Gasteiger partial charge in [0.1, 0.15) is 0 Å². The van der Waals surface area contributed by atoms with Gasteiger partial charge in [-0.25, -0.2) is 0 Å². The van der Waals surface area contributed by atoms with Crippen molar-refractivity contribution in [3.63, 3.8) is 0 Å². The summed E-state index contributed by atoms with van der Waals surface area (Å²) in [6, 6.07) is 14.1. The van der Waals surface area contributed by atoms with E-state index in [1.54, 1.807) is 18.2 Å². The van der Waals surface area contributed by atoms with Gasteiger partial charge >= 0.3 is 6.18 Å². The number of carbonyl (C=O) groups is 1. The zero-order chi connectivity index (χ0) is 17.2. The normalized spacial score (nSPS) is 15.9. The number of rotatable bonds is 4. The molecule has 0 atom stereocenters. The van der Waals surface area contributed by atoms with Crippen LogP contribution in [0.4, 0.5) is 13.2 Å². The van der Waals surface area contributed by atoms with Crippen LogP contribution < -0.4 is 5.32 Å². The number of nitrogens with one attached hydrogen (secondary N) is 1. The number of benzene rings is 2. The molecule has 1 N–H and O–H groups in total. The number of hydrogen-bond acceptors (Lipinski definition) is 2. The number of ketones is 1. The Bertz CT molecular complexity index is 744. The first-order chi connectivity index (χ1) is 11.4. The standard InChI is InChI=1S/C19H16F3NO/c20-19(21,22)17(14-4-2-1-3-5-14)10-18(24)15-8-6-13(7-9-15)16-11-23-12-16/h1-10,16,23H,11-12H2. The summed E-state index contributed by atoms with van der Waals surface area (Å²) < 4.78 is 39.8. The minimum Gasteiger partial charge on any atom is -0.315 e. The highest BCUT2D eigenvalue weighted by Crippen LogP contribution is 2.34. The van der Waals surface area contributed by atoms with Crippen molar-refractivity contribution in [3.05, 3.63) is 77.4 Å². The van der Waals surface area contributed by atoms with Gasteiger partial charge in [-0.15, -0.1) is 0 Å². The van der Waals surface area contributed by atoms with E-state index < -0.39 is 17.5 Å². The van der Waals surface area contributed by atoms with Gasteiger partial charge in [-0.3, -0.25) is 4.79 Å². The van der Waals surface area contributed by atoms with Crippen molar-refractivity contribution in [3.8, 4) is 0 Å². The molecule has 3 rings (SSSR count). The quantitative estimate of drug-likeness (QED) is 0.672. The van der Waals surface area contributed by atoms with Crippen LogP contribution in [0.15, 0.2) is 60.7 Å². The van der Waals surface area contributed by atoms with Crippen molar-refractivity contribution in [2.75, 3.05) is 13.1 Å². The van der Waals surface area contributed by atoms with E-state index in [1.807, 2.05) is 12.1 Å². The average Bonchev–Trinajstić information content (AvgIpc) is 2.51. The van der Waals surface area contributed by atoms with Crippen LogP contribution in [0.5, 0.6) is 0 Å². The minimum absolute atomic E-state index is 0.0180. The van der Waals surface area contributed by atoms with Crippen molar-refractivity contribution in [2.24, 2.45) is 0 Å². The molecule has 0 saturated carbocycles. The lowest BCUT2D eigenvalue weighted by Crippen LogP contribution is -2.39. The number of hydrogen-bond donors (Lipinski definition) is 1. The van der Waals surface area contributed by atoms with E-state index in [4.69, 9.17) is 0 Å². The van der Waals surface area contributed by atoms with Crippen molar-refractivity contribution in [1.29, 1.82) is 0 Å². The van der Waals surface area contributed by atoms with Crippen molar-refractivity contribution < 1.29 is 18.0 Å². The molecule has 0 bridgehead atoms. The Hall–Kier alpha value is -2.40. The van der Waals surface area contributed by atoms with Crippen LogP contribution >= 0.6 is 0 Å². The van der Waals surface area contributed by atoms with Crippen LogP contribution in [-0.4, -0.2) is 25.0 Å². The Morgan fingerprint density at radius 3 is 2.08 bits per heavy atom. The summed E-state index contributed by atoms with van der Waals surface area (Å²) in [5.74, 6) is -0.232. The summed E-state index contributed by atoms with van der Waals surface area (Å²) in [5.41, 5.74) is 0.396.